The van der Waals surface area contributed by atoms with Crippen molar-refractivity contribution in [3.63, 3.8) is 0 Å². The Morgan fingerprint density at radius 1 is 1.35 bits per heavy atom. The number of methoxy groups -OCH3 is 1. The van der Waals surface area contributed by atoms with Gasteiger partial charge in [0.2, 0.25) is 0 Å². The number of hydrogen-bond acceptors (Lipinski definition) is 4. The second kappa shape index (κ2) is 5.34. The van der Waals surface area contributed by atoms with E-state index in [1.54, 1.807) is 26.0 Å². The molecule has 0 spiro atoms. The highest BCUT2D eigenvalue weighted by atomic mass is 35.5. The number of H-pyrrole nitrogens is 1. The first-order chi connectivity index (χ1) is 9.35. The van der Waals surface area contributed by atoms with E-state index in [0.29, 0.717) is 17.1 Å². The molecule has 0 aliphatic carbocycles. The number of aryl methyl sites for hydroxylation is 2. The van der Waals surface area contributed by atoms with E-state index in [0.717, 1.165) is 0 Å². The number of nitrogens with one attached hydrogen (secondary N) is 2. The number of ether oxygens (including phenoxy) is 1. The van der Waals surface area contributed by atoms with Gasteiger partial charge in [-0.1, -0.05) is 11.6 Å². The Labute approximate surface area is 122 Å². The molecule has 0 atom stereocenters. The molecule has 8 heteroatoms. The number of rotatable bonds is 4. The maximum Gasteiger partial charge on any atom is 0.265 e. The van der Waals surface area contributed by atoms with Crippen molar-refractivity contribution in [3.8, 4) is 5.75 Å². The van der Waals surface area contributed by atoms with Crippen LogP contribution in [0.5, 0.6) is 5.75 Å². The van der Waals surface area contributed by atoms with Crippen molar-refractivity contribution in [2.24, 2.45) is 0 Å². The molecule has 0 saturated carbocycles. The van der Waals surface area contributed by atoms with Gasteiger partial charge in [0.05, 0.1) is 29.2 Å². The maximum atomic E-state index is 12.4. The molecule has 2 rings (SSSR count). The summed E-state index contributed by atoms with van der Waals surface area (Å²) < 4.78 is 32.3. The van der Waals surface area contributed by atoms with Gasteiger partial charge in [-0.15, -0.1) is 0 Å². The van der Waals surface area contributed by atoms with Gasteiger partial charge in [0.15, 0.2) is 0 Å². The van der Waals surface area contributed by atoms with Crippen molar-refractivity contribution in [2.75, 3.05) is 11.8 Å². The van der Waals surface area contributed by atoms with Crippen LogP contribution in [0.15, 0.2) is 23.1 Å². The lowest BCUT2D eigenvalue weighted by molar-refractivity contribution is 0.415. The molecule has 2 aromatic rings. The summed E-state index contributed by atoms with van der Waals surface area (Å²) in [7, 11) is -2.27. The van der Waals surface area contributed by atoms with Crippen molar-refractivity contribution in [1.82, 2.24) is 10.2 Å². The fourth-order valence-corrected chi connectivity index (χ4v) is 3.51. The van der Waals surface area contributed by atoms with Crippen molar-refractivity contribution in [1.29, 1.82) is 0 Å². The van der Waals surface area contributed by atoms with Crippen LogP contribution in [0.4, 0.5) is 5.69 Å². The lowest BCUT2D eigenvalue weighted by atomic mass is 10.3. The Morgan fingerprint density at radius 3 is 2.60 bits per heavy atom. The standard InChI is InChI=1S/C12H14ClN3O3S/c1-7-12(8(2)15-14-7)20(17,18)16-11-6-9(19-3)4-5-10(11)13/h4-6,16H,1-3H3,(H,14,15). The first-order valence-electron chi connectivity index (χ1n) is 5.73. The summed E-state index contributed by atoms with van der Waals surface area (Å²) in [6, 6.07) is 4.73. The monoisotopic (exact) mass is 315 g/mol. The zero-order valence-electron chi connectivity index (χ0n) is 11.2. The lowest BCUT2D eigenvalue weighted by Gasteiger charge is -2.11. The van der Waals surface area contributed by atoms with Crippen LogP contribution in [-0.4, -0.2) is 25.7 Å². The zero-order valence-corrected chi connectivity index (χ0v) is 12.8. The Bertz CT molecular complexity index is 721. The summed E-state index contributed by atoms with van der Waals surface area (Å²) in [4.78, 5) is 0.122. The molecule has 1 aromatic carbocycles. The number of hydrogen-bond donors (Lipinski definition) is 2. The molecule has 0 aliphatic heterocycles. The van der Waals surface area contributed by atoms with Gasteiger partial charge >= 0.3 is 0 Å². The van der Waals surface area contributed by atoms with Gasteiger partial charge in [-0.2, -0.15) is 5.10 Å². The van der Waals surface area contributed by atoms with E-state index in [1.165, 1.54) is 13.2 Å². The third-order valence-electron chi connectivity index (χ3n) is 2.75. The van der Waals surface area contributed by atoms with Gasteiger partial charge in [0, 0.05) is 6.07 Å². The number of aromatic nitrogens is 2. The second-order valence-electron chi connectivity index (χ2n) is 4.21. The predicted octanol–water partition coefficient (Wildman–Crippen LogP) is 2.49. The number of benzene rings is 1. The molecule has 20 heavy (non-hydrogen) atoms. The molecule has 0 radical (unpaired) electrons. The van der Waals surface area contributed by atoms with Crippen LogP contribution in [0.1, 0.15) is 11.4 Å². The maximum absolute atomic E-state index is 12.4. The number of aromatic amines is 1. The van der Waals surface area contributed by atoms with Gasteiger partial charge in [0.1, 0.15) is 10.6 Å². The summed E-state index contributed by atoms with van der Waals surface area (Å²) in [6.45, 7) is 3.26. The highest BCUT2D eigenvalue weighted by molar-refractivity contribution is 7.92. The molecule has 2 N–H and O–H groups in total. The fourth-order valence-electron chi connectivity index (χ4n) is 1.84. The molecule has 1 aromatic heterocycles. The van der Waals surface area contributed by atoms with E-state index < -0.39 is 10.0 Å². The number of anilines is 1. The SMILES string of the molecule is COc1ccc(Cl)c(NS(=O)(=O)c2c(C)n[nH]c2C)c1. The van der Waals surface area contributed by atoms with Crippen molar-refractivity contribution < 1.29 is 13.2 Å². The minimum absolute atomic E-state index is 0.122. The quantitative estimate of drug-likeness (QED) is 0.908. The van der Waals surface area contributed by atoms with Crippen LogP contribution in [0.25, 0.3) is 0 Å². The molecule has 0 amide bonds. The van der Waals surface area contributed by atoms with Crippen LogP contribution in [-0.2, 0) is 10.0 Å². The molecule has 1 heterocycles. The van der Waals surface area contributed by atoms with Crippen molar-refractivity contribution in [3.05, 3.63) is 34.6 Å². The van der Waals surface area contributed by atoms with Crippen molar-refractivity contribution in [2.45, 2.75) is 18.7 Å². The Hall–Kier alpha value is -1.73. The first kappa shape index (κ1) is 14.7. The normalized spacial score (nSPS) is 11.4. The summed E-state index contributed by atoms with van der Waals surface area (Å²) in [5, 5.41) is 6.80. The molecular weight excluding hydrogens is 302 g/mol. The summed E-state index contributed by atoms with van der Waals surface area (Å²) in [5.41, 5.74) is 1.12. The molecule has 0 fully saturated rings. The van der Waals surface area contributed by atoms with Crippen LogP contribution >= 0.6 is 11.6 Å². The zero-order chi connectivity index (χ0) is 14.9. The molecule has 0 unspecified atom stereocenters. The Morgan fingerprint density at radius 2 is 2.05 bits per heavy atom. The van der Waals surface area contributed by atoms with Gasteiger partial charge in [-0.3, -0.25) is 9.82 Å². The van der Waals surface area contributed by atoms with Crippen LogP contribution < -0.4 is 9.46 Å². The van der Waals surface area contributed by atoms with E-state index in [2.05, 4.69) is 14.9 Å². The van der Waals surface area contributed by atoms with Crippen LogP contribution in [0.3, 0.4) is 0 Å². The summed E-state index contributed by atoms with van der Waals surface area (Å²) in [6.07, 6.45) is 0. The molecule has 108 valence electrons. The second-order valence-corrected chi connectivity index (χ2v) is 6.24. The number of sulfonamides is 1. The smallest absolute Gasteiger partial charge is 0.265 e. The summed E-state index contributed by atoms with van der Waals surface area (Å²) >= 11 is 5.99. The third kappa shape index (κ3) is 2.73. The largest absolute Gasteiger partial charge is 0.497 e. The summed E-state index contributed by atoms with van der Waals surface area (Å²) in [5.74, 6) is 0.507. The molecular formula is C12H14ClN3O3S. The lowest BCUT2D eigenvalue weighted by Crippen LogP contribution is -2.15. The van der Waals surface area contributed by atoms with Gasteiger partial charge in [-0.05, 0) is 26.0 Å². The average molecular weight is 316 g/mol. The molecule has 0 aliphatic rings. The number of halogens is 1. The third-order valence-corrected chi connectivity index (χ3v) is 4.70. The topological polar surface area (TPSA) is 84.1 Å². The highest BCUT2D eigenvalue weighted by Crippen LogP contribution is 2.29. The minimum Gasteiger partial charge on any atom is -0.497 e. The Balaban J connectivity index is 2.43. The molecule has 6 nitrogen and oxygen atoms in total. The van der Waals surface area contributed by atoms with Gasteiger partial charge in [-0.25, -0.2) is 8.42 Å². The van der Waals surface area contributed by atoms with E-state index in [9.17, 15) is 8.42 Å². The van der Waals surface area contributed by atoms with E-state index in [-0.39, 0.29) is 15.6 Å². The van der Waals surface area contributed by atoms with Crippen LogP contribution in [0, 0.1) is 13.8 Å². The van der Waals surface area contributed by atoms with E-state index in [4.69, 9.17) is 16.3 Å². The minimum atomic E-state index is -3.76. The van der Waals surface area contributed by atoms with E-state index >= 15 is 0 Å². The van der Waals surface area contributed by atoms with Crippen LogP contribution in [0.2, 0.25) is 5.02 Å². The molecule has 0 saturated heterocycles. The predicted molar refractivity (Wildman–Crippen MR) is 76.9 cm³/mol. The molecule has 0 bridgehead atoms. The van der Waals surface area contributed by atoms with Gasteiger partial charge < -0.3 is 4.74 Å². The number of nitrogens with zero attached hydrogens (tertiary/aromatic N) is 1. The fraction of sp³-hybridized carbons (Fsp3) is 0.250. The Kier molecular flexibility index (Phi) is 3.92. The average Bonchev–Trinajstić information content (AvgIpc) is 2.72. The van der Waals surface area contributed by atoms with Gasteiger partial charge in [0.25, 0.3) is 10.0 Å². The van der Waals surface area contributed by atoms with E-state index in [1.807, 2.05) is 0 Å². The first-order valence-corrected chi connectivity index (χ1v) is 7.59. The van der Waals surface area contributed by atoms with Crippen molar-refractivity contribution >= 4 is 27.3 Å². The highest BCUT2D eigenvalue weighted by Gasteiger charge is 2.23.